The molecule has 2 aliphatic heterocycles. The molecule has 0 aromatic carbocycles. The summed E-state index contributed by atoms with van der Waals surface area (Å²) >= 11 is 0. The summed E-state index contributed by atoms with van der Waals surface area (Å²) in [6.45, 7) is 12.2. The fourth-order valence-electron chi connectivity index (χ4n) is 3.94. The number of hydrogen-bond donors (Lipinski definition) is 1. The predicted molar refractivity (Wildman–Crippen MR) is 103 cm³/mol. The molecule has 2 aliphatic rings. The van der Waals surface area contributed by atoms with Gasteiger partial charge in [-0.25, -0.2) is 0 Å². The molecule has 1 aromatic rings. The number of amides is 1. The number of carbonyl (C=O) groups excluding carboxylic acids is 1. The standard InChI is InChI=1S/C19H34N6O/c1-15(2)12-24-7-8-25-18(14-24)9-16(21-25)11-20-19(26)10-17-13-22(3)5-6-23(17)4/h9,15,17H,5-8,10-14H2,1-4H3,(H,20,26)/t17-/m0/s1. The van der Waals surface area contributed by atoms with Crippen molar-refractivity contribution in [2.45, 2.75) is 45.9 Å². The molecule has 0 spiro atoms. The van der Waals surface area contributed by atoms with Crippen molar-refractivity contribution in [3.05, 3.63) is 17.5 Å². The lowest BCUT2D eigenvalue weighted by Crippen LogP contribution is -2.51. The van der Waals surface area contributed by atoms with E-state index in [1.807, 2.05) is 0 Å². The van der Waals surface area contributed by atoms with E-state index in [0.717, 1.165) is 51.5 Å². The highest BCUT2D eigenvalue weighted by Gasteiger charge is 2.24. The lowest BCUT2D eigenvalue weighted by Gasteiger charge is -2.37. The molecule has 0 radical (unpaired) electrons. The van der Waals surface area contributed by atoms with E-state index in [9.17, 15) is 4.79 Å². The van der Waals surface area contributed by atoms with Crippen molar-refractivity contribution in [3.63, 3.8) is 0 Å². The molecule has 7 nitrogen and oxygen atoms in total. The SMILES string of the molecule is CC(C)CN1CCn2nc(CNC(=O)C[C@H]3CN(C)CCN3C)cc2C1. The average Bonchev–Trinajstić information content (AvgIpc) is 2.98. The van der Waals surface area contributed by atoms with Crippen molar-refractivity contribution in [3.8, 4) is 0 Å². The monoisotopic (exact) mass is 362 g/mol. The molecule has 3 heterocycles. The highest BCUT2D eigenvalue weighted by Crippen LogP contribution is 2.15. The third-order valence-electron chi connectivity index (χ3n) is 5.42. The molecular formula is C19H34N6O. The first kappa shape index (κ1) is 19.3. The van der Waals surface area contributed by atoms with E-state index in [-0.39, 0.29) is 5.91 Å². The highest BCUT2D eigenvalue weighted by molar-refractivity contribution is 5.76. The summed E-state index contributed by atoms with van der Waals surface area (Å²) in [6, 6.07) is 2.45. The zero-order chi connectivity index (χ0) is 18.7. The Morgan fingerprint density at radius 3 is 2.85 bits per heavy atom. The van der Waals surface area contributed by atoms with Gasteiger partial charge in [-0.1, -0.05) is 13.8 Å². The average molecular weight is 363 g/mol. The molecule has 1 saturated heterocycles. The van der Waals surface area contributed by atoms with Crippen LogP contribution in [-0.2, 0) is 24.4 Å². The van der Waals surface area contributed by atoms with Gasteiger partial charge >= 0.3 is 0 Å². The van der Waals surface area contributed by atoms with Gasteiger partial charge in [-0.15, -0.1) is 0 Å². The van der Waals surface area contributed by atoms with Crippen LogP contribution in [0.3, 0.4) is 0 Å². The number of nitrogens with one attached hydrogen (secondary N) is 1. The molecule has 0 unspecified atom stereocenters. The number of fused-ring (bicyclic) bond motifs is 1. The maximum absolute atomic E-state index is 12.4. The zero-order valence-corrected chi connectivity index (χ0v) is 16.7. The van der Waals surface area contributed by atoms with Crippen molar-refractivity contribution in [2.24, 2.45) is 5.92 Å². The van der Waals surface area contributed by atoms with Crippen LogP contribution < -0.4 is 5.32 Å². The molecule has 3 rings (SSSR count). The maximum atomic E-state index is 12.4. The quantitative estimate of drug-likeness (QED) is 0.803. The fourth-order valence-corrected chi connectivity index (χ4v) is 3.94. The summed E-state index contributed by atoms with van der Waals surface area (Å²) in [5.41, 5.74) is 2.23. The number of aromatic nitrogens is 2. The van der Waals surface area contributed by atoms with Crippen LogP contribution in [0.4, 0.5) is 0 Å². The van der Waals surface area contributed by atoms with Gasteiger partial charge in [0.15, 0.2) is 0 Å². The number of likely N-dealkylation sites (N-methyl/N-ethyl adjacent to an activating group) is 2. The minimum Gasteiger partial charge on any atom is -0.350 e. The lowest BCUT2D eigenvalue weighted by atomic mass is 10.1. The van der Waals surface area contributed by atoms with Gasteiger partial charge in [-0.2, -0.15) is 5.10 Å². The van der Waals surface area contributed by atoms with Crippen LogP contribution in [0.5, 0.6) is 0 Å². The van der Waals surface area contributed by atoms with Crippen LogP contribution >= 0.6 is 0 Å². The normalized spacial score (nSPS) is 22.6. The maximum Gasteiger partial charge on any atom is 0.221 e. The summed E-state index contributed by atoms with van der Waals surface area (Å²) < 4.78 is 2.10. The van der Waals surface area contributed by atoms with Gasteiger partial charge in [0.25, 0.3) is 0 Å². The second-order valence-corrected chi connectivity index (χ2v) is 8.36. The van der Waals surface area contributed by atoms with Crippen molar-refractivity contribution in [1.29, 1.82) is 0 Å². The van der Waals surface area contributed by atoms with E-state index in [4.69, 9.17) is 0 Å². The lowest BCUT2D eigenvalue weighted by molar-refractivity contribution is -0.122. The Morgan fingerprint density at radius 2 is 2.08 bits per heavy atom. The molecular weight excluding hydrogens is 328 g/mol. The van der Waals surface area contributed by atoms with E-state index in [2.05, 4.69) is 63.8 Å². The number of carbonyl (C=O) groups is 1. The van der Waals surface area contributed by atoms with Crippen molar-refractivity contribution in [2.75, 3.05) is 46.8 Å². The minimum absolute atomic E-state index is 0.115. The molecule has 26 heavy (non-hydrogen) atoms. The summed E-state index contributed by atoms with van der Waals surface area (Å²) in [5, 5.41) is 7.73. The van der Waals surface area contributed by atoms with E-state index in [0.29, 0.717) is 24.9 Å². The van der Waals surface area contributed by atoms with E-state index in [1.54, 1.807) is 0 Å². The fraction of sp³-hybridized carbons (Fsp3) is 0.789. The van der Waals surface area contributed by atoms with Crippen LogP contribution in [0.2, 0.25) is 0 Å². The van der Waals surface area contributed by atoms with Gasteiger partial charge in [0.05, 0.1) is 24.5 Å². The second-order valence-electron chi connectivity index (χ2n) is 8.36. The molecule has 146 valence electrons. The first-order chi connectivity index (χ1) is 12.4. The number of nitrogens with zero attached hydrogens (tertiary/aromatic N) is 5. The molecule has 1 amide bonds. The molecule has 1 N–H and O–H groups in total. The second kappa shape index (κ2) is 8.50. The Bertz CT molecular complexity index is 613. The van der Waals surface area contributed by atoms with Gasteiger partial charge in [-0.05, 0) is 26.1 Å². The van der Waals surface area contributed by atoms with Crippen LogP contribution in [0.25, 0.3) is 0 Å². The molecule has 1 atom stereocenters. The Morgan fingerprint density at radius 1 is 1.27 bits per heavy atom. The Kier molecular flexibility index (Phi) is 6.32. The smallest absolute Gasteiger partial charge is 0.221 e. The van der Waals surface area contributed by atoms with E-state index >= 15 is 0 Å². The van der Waals surface area contributed by atoms with Gasteiger partial charge in [0.1, 0.15) is 0 Å². The molecule has 0 aliphatic carbocycles. The van der Waals surface area contributed by atoms with Gasteiger partial charge < -0.3 is 15.1 Å². The molecule has 0 saturated carbocycles. The van der Waals surface area contributed by atoms with Gasteiger partial charge in [0, 0.05) is 51.7 Å². The minimum atomic E-state index is 0.115. The first-order valence-corrected chi connectivity index (χ1v) is 9.84. The third-order valence-corrected chi connectivity index (χ3v) is 5.42. The third kappa shape index (κ3) is 5.05. The van der Waals surface area contributed by atoms with Crippen LogP contribution in [0.15, 0.2) is 6.07 Å². The van der Waals surface area contributed by atoms with Crippen molar-refractivity contribution >= 4 is 5.91 Å². The molecule has 1 fully saturated rings. The van der Waals surface area contributed by atoms with Gasteiger partial charge in [-0.3, -0.25) is 14.4 Å². The molecule has 7 heteroatoms. The number of piperazine rings is 1. The highest BCUT2D eigenvalue weighted by atomic mass is 16.1. The molecule has 1 aromatic heterocycles. The van der Waals surface area contributed by atoms with Crippen LogP contribution in [-0.4, -0.2) is 83.2 Å². The largest absolute Gasteiger partial charge is 0.350 e. The van der Waals surface area contributed by atoms with Crippen molar-refractivity contribution in [1.82, 2.24) is 29.8 Å². The number of hydrogen-bond acceptors (Lipinski definition) is 5. The summed E-state index contributed by atoms with van der Waals surface area (Å²) in [5.74, 6) is 0.796. The van der Waals surface area contributed by atoms with Crippen molar-refractivity contribution < 1.29 is 4.79 Å². The van der Waals surface area contributed by atoms with Gasteiger partial charge in [0.2, 0.25) is 5.91 Å². The van der Waals surface area contributed by atoms with Crippen LogP contribution in [0.1, 0.15) is 31.7 Å². The van der Waals surface area contributed by atoms with Crippen LogP contribution in [0, 0.1) is 5.92 Å². The predicted octanol–water partition coefficient (Wildman–Crippen LogP) is 0.607. The Hall–Kier alpha value is -1.44. The Labute approximate surface area is 157 Å². The van der Waals surface area contributed by atoms with E-state index in [1.165, 1.54) is 5.69 Å². The van der Waals surface area contributed by atoms with E-state index < -0.39 is 0 Å². The molecule has 0 bridgehead atoms. The summed E-state index contributed by atoms with van der Waals surface area (Å²) in [7, 11) is 4.23. The zero-order valence-electron chi connectivity index (χ0n) is 16.7. The topological polar surface area (TPSA) is 56.6 Å². The Balaban J connectivity index is 1.48. The summed E-state index contributed by atoms with van der Waals surface area (Å²) in [4.78, 5) is 19.4. The first-order valence-electron chi connectivity index (χ1n) is 9.84. The summed E-state index contributed by atoms with van der Waals surface area (Å²) in [6.07, 6.45) is 0.552. The number of rotatable bonds is 6.